The lowest BCUT2D eigenvalue weighted by Gasteiger charge is -2.37. The summed E-state index contributed by atoms with van der Waals surface area (Å²) >= 11 is 0. The Morgan fingerprint density at radius 2 is 1.43 bits per heavy atom. The van der Waals surface area contributed by atoms with Crippen LogP contribution in [0.2, 0.25) is 51.9 Å². The van der Waals surface area contributed by atoms with Crippen molar-refractivity contribution in [2.24, 2.45) is 0 Å². The topological polar surface area (TPSA) is 36.9 Å². The molecule has 0 aliphatic carbocycles. The molecule has 1 aromatic carbocycles. The summed E-state index contributed by atoms with van der Waals surface area (Å²) in [6.07, 6.45) is 2.87. The van der Waals surface area contributed by atoms with E-state index in [9.17, 15) is 0 Å². The molecule has 1 aromatic rings. The van der Waals surface area contributed by atoms with E-state index >= 15 is 0 Å². The van der Waals surface area contributed by atoms with Crippen molar-refractivity contribution < 1.29 is 17.7 Å². The Labute approximate surface area is 175 Å². The quantitative estimate of drug-likeness (QED) is 0.261. The monoisotopic (exact) mass is 440 g/mol. The maximum absolute atomic E-state index is 6.52. The van der Waals surface area contributed by atoms with Crippen LogP contribution in [0.5, 0.6) is 0 Å². The van der Waals surface area contributed by atoms with Crippen LogP contribution in [-0.2, 0) is 24.3 Å². The van der Waals surface area contributed by atoms with Crippen molar-refractivity contribution in [1.29, 1.82) is 0 Å². The summed E-state index contributed by atoms with van der Waals surface area (Å²) in [6.45, 7) is 22.0. The molecule has 0 spiro atoms. The zero-order valence-corrected chi connectivity index (χ0v) is 22.0. The van der Waals surface area contributed by atoms with E-state index in [-0.39, 0.29) is 0 Å². The Hall–Kier alpha value is -0.549. The second kappa shape index (κ2) is 11.6. The molecular formula is C21H40O4Si3. The molecule has 0 atom stereocenters. The van der Waals surface area contributed by atoms with Gasteiger partial charge in [-0.05, 0) is 69.4 Å². The summed E-state index contributed by atoms with van der Waals surface area (Å²) in [5, 5.41) is 0. The molecule has 0 saturated carbocycles. The average Bonchev–Trinajstić information content (AvgIpc) is 2.54. The first-order chi connectivity index (χ1) is 12.9. The summed E-state index contributed by atoms with van der Waals surface area (Å²) in [4.78, 5) is 0. The van der Waals surface area contributed by atoms with Gasteiger partial charge in [0.1, 0.15) is 0 Å². The summed E-state index contributed by atoms with van der Waals surface area (Å²) < 4.78 is 24.2. The fraction of sp³-hybridized carbons (Fsp3) is 0.619. The standard InChI is InChI=1S/C21H40O4Si3/c1-9-20-11-13-21(14-12-20)19-23-17-16-22-15-10-18-27(5,6)25-28(7,8)24-26(2,3)4/h9,11-14H,1,10,15-19H2,2-8H3. The molecule has 4 nitrogen and oxygen atoms in total. The van der Waals surface area contributed by atoms with E-state index in [2.05, 4.69) is 76.7 Å². The Balaban J connectivity index is 2.14. The van der Waals surface area contributed by atoms with Crippen molar-refractivity contribution in [3.05, 3.63) is 42.0 Å². The van der Waals surface area contributed by atoms with Crippen molar-refractivity contribution >= 4 is 31.3 Å². The summed E-state index contributed by atoms with van der Waals surface area (Å²) in [5.74, 6) is 0. The summed E-state index contributed by atoms with van der Waals surface area (Å²) in [7, 11) is -5.33. The van der Waals surface area contributed by atoms with E-state index < -0.39 is 25.2 Å². The van der Waals surface area contributed by atoms with Crippen molar-refractivity contribution in [3.8, 4) is 0 Å². The lowest BCUT2D eigenvalue weighted by Crippen LogP contribution is -2.51. The predicted octanol–water partition coefficient (Wildman–Crippen LogP) is 6.03. The molecule has 0 radical (unpaired) electrons. The van der Waals surface area contributed by atoms with Crippen molar-refractivity contribution in [2.45, 2.75) is 64.9 Å². The van der Waals surface area contributed by atoms with E-state index in [1.807, 2.05) is 6.08 Å². The minimum atomic E-state index is -2.04. The van der Waals surface area contributed by atoms with Crippen LogP contribution in [0, 0.1) is 0 Å². The molecule has 7 heteroatoms. The highest BCUT2D eigenvalue weighted by Crippen LogP contribution is 2.23. The summed E-state index contributed by atoms with van der Waals surface area (Å²) in [5.41, 5.74) is 2.29. The number of rotatable bonds is 14. The fourth-order valence-corrected chi connectivity index (χ4v) is 16.4. The van der Waals surface area contributed by atoms with Crippen LogP contribution in [0.3, 0.4) is 0 Å². The number of hydrogen-bond donors (Lipinski definition) is 0. The first-order valence-electron chi connectivity index (χ1n) is 10.2. The van der Waals surface area contributed by atoms with Crippen LogP contribution < -0.4 is 0 Å². The number of benzene rings is 1. The molecule has 28 heavy (non-hydrogen) atoms. The summed E-state index contributed by atoms with van der Waals surface area (Å²) in [6, 6.07) is 9.33. The van der Waals surface area contributed by atoms with Gasteiger partial charge in [0.15, 0.2) is 16.6 Å². The van der Waals surface area contributed by atoms with Gasteiger partial charge in [0.25, 0.3) is 0 Å². The molecule has 0 aliphatic rings. The van der Waals surface area contributed by atoms with Gasteiger partial charge in [0, 0.05) is 6.61 Å². The van der Waals surface area contributed by atoms with Gasteiger partial charge in [0.05, 0.1) is 19.8 Å². The van der Waals surface area contributed by atoms with Crippen LogP contribution in [0.15, 0.2) is 30.8 Å². The highest BCUT2D eigenvalue weighted by atomic mass is 28.5. The minimum Gasteiger partial charge on any atom is -0.437 e. The molecule has 0 saturated heterocycles. The lowest BCUT2D eigenvalue weighted by atomic mass is 10.1. The molecule has 0 heterocycles. The molecule has 0 N–H and O–H groups in total. The van der Waals surface area contributed by atoms with Crippen LogP contribution in [0.4, 0.5) is 0 Å². The predicted molar refractivity (Wildman–Crippen MR) is 127 cm³/mol. The maximum atomic E-state index is 6.52. The Bertz CT molecular complexity index is 580. The first-order valence-corrected chi connectivity index (χ1v) is 19.5. The minimum absolute atomic E-state index is 0.616. The highest BCUT2D eigenvalue weighted by molar-refractivity contribution is 6.87. The third kappa shape index (κ3) is 12.1. The van der Waals surface area contributed by atoms with Crippen molar-refractivity contribution in [3.63, 3.8) is 0 Å². The molecule has 0 bridgehead atoms. The Morgan fingerprint density at radius 1 is 0.821 bits per heavy atom. The van der Waals surface area contributed by atoms with E-state index in [0.29, 0.717) is 19.8 Å². The van der Waals surface area contributed by atoms with Gasteiger partial charge in [-0.2, -0.15) is 0 Å². The van der Waals surface area contributed by atoms with Crippen LogP contribution in [0.25, 0.3) is 6.08 Å². The molecule has 0 amide bonds. The molecule has 160 valence electrons. The second-order valence-corrected chi connectivity index (χ2v) is 21.9. The first kappa shape index (κ1) is 25.5. The van der Waals surface area contributed by atoms with E-state index in [1.54, 1.807) is 0 Å². The van der Waals surface area contributed by atoms with E-state index in [1.165, 1.54) is 5.56 Å². The van der Waals surface area contributed by atoms with E-state index in [0.717, 1.165) is 24.6 Å². The largest absolute Gasteiger partial charge is 0.437 e. The molecule has 0 unspecified atom stereocenters. The molecule has 0 aromatic heterocycles. The average molecular weight is 441 g/mol. The van der Waals surface area contributed by atoms with Gasteiger partial charge in [-0.1, -0.05) is 36.9 Å². The van der Waals surface area contributed by atoms with Gasteiger partial charge >= 0.3 is 8.56 Å². The van der Waals surface area contributed by atoms with Crippen LogP contribution in [0.1, 0.15) is 17.5 Å². The van der Waals surface area contributed by atoms with Gasteiger partial charge in [0.2, 0.25) is 0 Å². The van der Waals surface area contributed by atoms with Gasteiger partial charge in [-0.15, -0.1) is 0 Å². The molecule has 1 rings (SSSR count). The van der Waals surface area contributed by atoms with Gasteiger partial charge in [-0.25, -0.2) is 0 Å². The lowest BCUT2D eigenvalue weighted by molar-refractivity contribution is 0.0406. The number of ether oxygens (including phenoxy) is 2. The van der Waals surface area contributed by atoms with Gasteiger partial charge < -0.3 is 17.7 Å². The second-order valence-electron chi connectivity index (χ2n) is 9.19. The highest BCUT2D eigenvalue weighted by Gasteiger charge is 2.37. The molecular weight excluding hydrogens is 400 g/mol. The smallest absolute Gasteiger partial charge is 0.311 e. The third-order valence-corrected chi connectivity index (χ3v) is 14.1. The normalized spacial score (nSPS) is 13.0. The zero-order chi connectivity index (χ0) is 21.3. The Morgan fingerprint density at radius 3 is 2.00 bits per heavy atom. The molecule has 0 fully saturated rings. The van der Waals surface area contributed by atoms with Crippen molar-refractivity contribution in [1.82, 2.24) is 0 Å². The Kier molecular flexibility index (Phi) is 10.5. The van der Waals surface area contributed by atoms with E-state index in [4.69, 9.17) is 17.7 Å². The number of hydrogen-bond acceptors (Lipinski definition) is 4. The third-order valence-electron chi connectivity index (χ3n) is 4.00. The van der Waals surface area contributed by atoms with Crippen molar-refractivity contribution in [2.75, 3.05) is 19.8 Å². The fourth-order valence-electron chi connectivity index (χ4n) is 3.23. The molecule has 0 aliphatic heterocycles. The zero-order valence-electron chi connectivity index (χ0n) is 19.0. The maximum Gasteiger partial charge on any atom is 0.311 e. The van der Waals surface area contributed by atoms with Gasteiger partial charge in [-0.3, -0.25) is 0 Å². The SMILES string of the molecule is C=Cc1ccc(COCCOCCC[Si](C)(C)O[Si](C)(C)O[Si](C)(C)C)cc1. The van der Waals surface area contributed by atoms with Crippen LogP contribution >= 0.6 is 0 Å². The van der Waals surface area contributed by atoms with Crippen LogP contribution in [-0.4, -0.2) is 45.0 Å².